The van der Waals surface area contributed by atoms with Gasteiger partial charge >= 0.3 is 0 Å². The van der Waals surface area contributed by atoms with Crippen LogP contribution in [0.3, 0.4) is 0 Å². The molecule has 4 nitrogen and oxygen atoms in total. The van der Waals surface area contributed by atoms with Crippen molar-refractivity contribution < 1.29 is 4.39 Å². The minimum absolute atomic E-state index is 0.240. The predicted octanol–water partition coefficient (Wildman–Crippen LogP) is 3.55. The van der Waals surface area contributed by atoms with E-state index in [-0.39, 0.29) is 5.82 Å². The lowest BCUT2D eigenvalue weighted by Gasteiger charge is -2.08. The minimum atomic E-state index is -0.240. The molecular weight excluding hydrogens is 291 g/mol. The van der Waals surface area contributed by atoms with Crippen LogP contribution in [-0.2, 0) is 6.42 Å². The van der Waals surface area contributed by atoms with E-state index in [1.807, 2.05) is 28.8 Å². The van der Waals surface area contributed by atoms with Crippen LogP contribution in [0, 0.1) is 5.82 Å². The van der Waals surface area contributed by atoms with Crippen LogP contribution < -0.4 is 0 Å². The smallest absolute Gasteiger partial charge is 0.164 e. The molecule has 3 heterocycles. The van der Waals surface area contributed by atoms with Gasteiger partial charge in [-0.05, 0) is 42.0 Å². The van der Waals surface area contributed by atoms with E-state index in [4.69, 9.17) is 0 Å². The fourth-order valence-corrected chi connectivity index (χ4v) is 2.62. The fourth-order valence-electron chi connectivity index (χ4n) is 2.62. The van der Waals surface area contributed by atoms with Crippen LogP contribution in [0.25, 0.3) is 16.9 Å². The van der Waals surface area contributed by atoms with Crippen molar-refractivity contribution in [2.75, 3.05) is 0 Å². The fraction of sp³-hybridized carbons (Fsp3) is 0.0556. The highest BCUT2D eigenvalue weighted by molar-refractivity contribution is 5.73. The Kier molecular flexibility index (Phi) is 3.31. The second-order valence-electron chi connectivity index (χ2n) is 5.22. The number of imidazole rings is 1. The SMILES string of the molecule is Fc1ccc(Cc2nc3cccnc3n2-c2cccnc2)cc1. The Bertz CT molecular complexity index is 946. The van der Waals surface area contributed by atoms with Gasteiger partial charge in [0.15, 0.2) is 5.65 Å². The maximum Gasteiger partial charge on any atom is 0.164 e. The third kappa shape index (κ3) is 2.57. The topological polar surface area (TPSA) is 43.6 Å². The predicted molar refractivity (Wildman–Crippen MR) is 85.9 cm³/mol. The molecule has 0 unspecified atom stereocenters. The van der Waals surface area contributed by atoms with Gasteiger partial charge in [-0.2, -0.15) is 0 Å². The molecule has 112 valence electrons. The Hall–Kier alpha value is -3.08. The first-order valence-corrected chi connectivity index (χ1v) is 7.28. The number of hydrogen-bond acceptors (Lipinski definition) is 3. The molecule has 0 bridgehead atoms. The second kappa shape index (κ2) is 5.61. The summed E-state index contributed by atoms with van der Waals surface area (Å²) >= 11 is 0. The van der Waals surface area contributed by atoms with Crippen molar-refractivity contribution in [2.45, 2.75) is 6.42 Å². The number of benzene rings is 1. The number of hydrogen-bond donors (Lipinski definition) is 0. The number of fused-ring (bicyclic) bond motifs is 1. The molecule has 3 aromatic heterocycles. The van der Waals surface area contributed by atoms with Gasteiger partial charge in [-0.3, -0.25) is 9.55 Å². The van der Waals surface area contributed by atoms with Crippen molar-refractivity contribution in [1.82, 2.24) is 19.5 Å². The lowest BCUT2D eigenvalue weighted by molar-refractivity contribution is 0.627. The highest BCUT2D eigenvalue weighted by atomic mass is 19.1. The van der Waals surface area contributed by atoms with E-state index in [1.165, 1.54) is 12.1 Å². The summed E-state index contributed by atoms with van der Waals surface area (Å²) in [7, 11) is 0. The molecule has 0 saturated heterocycles. The zero-order valence-corrected chi connectivity index (χ0v) is 12.2. The summed E-state index contributed by atoms with van der Waals surface area (Å²) in [6.07, 6.45) is 5.85. The van der Waals surface area contributed by atoms with Gasteiger partial charge in [0.2, 0.25) is 0 Å². The van der Waals surface area contributed by atoms with Crippen LogP contribution in [0.2, 0.25) is 0 Å². The largest absolute Gasteiger partial charge is 0.279 e. The van der Waals surface area contributed by atoms with Crippen LogP contribution in [0.5, 0.6) is 0 Å². The third-order valence-corrected chi connectivity index (χ3v) is 3.67. The second-order valence-corrected chi connectivity index (χ2v) is 5.22. The maximum atomic E-state index is 13.1. The van der Waals surface area contributed by atoms with Crippen molar-refractivity contribution in [1.29, 1.82) is 0 Å². The maximum absolute atomic E-state index is 13.1. The lowest BCUT2D eigenvalue weighted by atomic mass is 10.1. The summed E-state index contributed by atoms with van der Waals surface area (Å²) in [4.78, 5) is 13.3. The molecule has 0 fully saturated rings. The van der Waals surface area contributed by atoms with Crippen LogP contribution in [0.4, 0.5) is 4.39 Å². The monoisotopic (exact) mass is 304 g/mol. The molecule has 4 aromatic rings. The molecule has 0 saturated carbocycles. The lowest BCUT2D eigenvalue weighted by Crippen LogP contribution is -2.03. The van der Waals surface area contributed by atoms with Crippen LogP contribution in [0.15, 0.2) is 67.1 Å². The molecule has 23 heavy (non-hydrogen) atoms. The van der Waals surface area contributed by atoms with E-state index in [0.29, 0.717) is 6.42 Å². The first kappa shape index (κ1) is 13.6. The van der Waals surface area contributed by atoms with Gasteiger partial charge < -0.3 is 0 Å². The van der Waals surface area contributed by atoms with Crippen molar-refractivity contribution in [3.63, 3.8) is 0 Å². The van der Waals surface area contributed by atoms with E-state index in [2.05, 4.69) is 15.0 Å². The van der Waals surface area contributed by atoms with E-state index >= 15 is 0 Å². The summed E-state index contributed by atoms with van der Waals surface area (Å²) < 4.78 is 15.1. The molecule has 0 aliphatic heterocycles. The van der Waals surface area contributed by atoms with Gasteiger partial charge in [0, 0.05) is 18.8 Å². The normalized spacial score (nSPS) is 11.0. The number of halogens is 1. The highest BCUT2D eigenvalue weighted by Gasteiger charge is 2.13. The number of aromatic nitrogens is 4. The minimum Gasteiger partial charge on any atom is -0.279 e. The Balaban J connectivity index is 1.87. The van der Waals surface area contributed by atoms with E-state index in [1.54, 1.807) is 30.7 Å². The van der Waals surface area contributed by atoms with E-state index in [9.17, 15) is 4.39 Å². The molecule has 0 aliphatic rings. The molecular formula is C18H13FN4. The number of nitrogens with zero attached hydrogens (tertiary/aromatic N) is 4. The Labute approximate surface area is 132 Å². The molecule has 5 heteroatoms. The molecule has 0 aliphatic carbocycles. The standard InChI is InChI=1S/C18H13FN4/c19-14-7-5-13(6-8-14)11-17-22-16-4-2-10-21-18(16)23(17)15-3-1-9-20-12-15/h1-10,12H,11H2. The molecule has 0 N–H and O–H groups in total. The Morgan fingerprint density at radius 3 is 2.57 bits per heavy atom. The van der Waals surface area contributed by atoms with Crippen LogP contribution >= 0.6 is 0 Å². The molecule has 0 amide bonds. The molecule has 4 rings (SSSR count). The van der Waals surface area contributed by atoms with Gasteiger partial charge in [0.05, 0.1) is 11.9 Å². The summed E-state index contributed by atoms with van der Waals surface area (Å²) in [6.45, 7) is 0. The average molecular weight is 304 g/mol. The Morgan fingerprint density at radius 1 is 0.957 bits per heavy atom. The zero-order chi connectivity index (χ0) is 15.6. The van der Waals surface area contributed by atoms with Gasteiger partial charge in [0.1, 0.15) is 17.2 Å². The van der Waals surface area contributed by atoms with Gasteiger partial charge in [-0.1, -0.05) is 12.1 Å². The van der Waals surface area contributed by atoms with Gasteiger partial charge in [-0.15, -0.1) is 0 Å². The van der Waals surface area contributed by atoms with Crippen molar-refractivity contribution in [2.24, 2.45) is 0 Å². The third-order valence-electron chi connectivity index (χ3n) is 3.67. The zero-order valence-electron chi connectivity index (χ0n) is 12.2. The molecule has 0 atom stereocenters. The van der Waals surface area contributed by atoms with Crippen molar-refractivity contribution in [3.05, 3.63) is 84.3 Å². The van der Waals surface area contributed by atoms with Crippen molar-refractivity contribution in [3.8, 4) is 5.69 Å². The van der Waals surface area contributed by atoms with Gasteiger partial charge in [-0.25, -0.2) is 14.4 Å². The summed E-state index contributed by atoms with van der Waals surface area (Å²) in [6, 6.07) is 14.1. The summed E-state index contributed by atoms with van der Waals surface area (Å²) in [5, 5.41) is 0. The molecule has 0 radical (unpaired) electrons. The van der Waals surface area contributed by atoms with E-state index in [0.717, 1.165) is 28.2 Å². The van der Waals surface area contributed by atoms with Crippen molar-refractivity contribution >= 4 is 11.2 Å². The summed E-state index contributed by atoms with van der Waals surface area (Å²) in [5.41, 5.74) is 3.52. The quantitative estimate of drug-likeness (QED) is 0.581. The van der Waals surface area contributed by atoms with E-state index < -0.39 is 0 Å². The number of rotatable bonds is 3. The first-order valence-electron chi connectivity index (χ1n) is 7.28. The highest BCUT2D eigenvalue weighted by Crippen LogP contribution is 2.21. The first-order chi connectivity index (χ1) is 11.3. The number of pyridine rings is 2. The molecule has 1 aromatic carbocycles. The van der Waals surface area contributed by atoms with Crippen LogP contribution in [-0.4, -0.2) is 19.5 Å². The average Bonchev–Trinajstić information content (AvgIpc) is 2.95. The Morgan fingerprint density at radius 2 is 1.78 bits per heavy atom. The van der Waals surface area contributed by atoms with Crippen LogP contribution in [0.1, 0.15) is 11.4 Å². The molecule has 0 spiro atoms. The summed E-state index contributed by atoms with van der Waals surface area (Å²) in [5.74, 6) is 0.606. The van der Waals surface area contributed by atoms with Gasteiger partial charge in [0.25, 0.3) is 0 Å².